The molecule has 0 amide bonds. The van der Waals surface area contributed by atoms with Gasteiger partial charge in [0, 0.05) is 19.3 Å². The van der Waals surface area contributed by atoms with Gasteiger partial charge in [-0.1, -0.05) is 215 Å². The molecule has 0 aromatic heterocycles. The highest BCUT2D eigenvalue weighted by Crippen LogP contribution is 2.12. The fourth-order valence-corrected chi connectivity index (χ4v) is 7.09. The lowest BCUT2D eigenvalue weighted by Gasteiger charge is -2.18. The molecular formula is C58H98O6. The zero-order valence-electron chi connectivity index (χ0n) is 41.8. The van der Waals surface area contributed by atoms with E-state index in [9.17, 15) is 14.4 Å². The number of esters is 3. The van der Waals surface area contributed by atoms with E-state index in [2.05, 4.69) is 99.8 Å². The first-order valence-corrected chi connectivity index (χ1v) is 26.6. The fraction of sp³-hybridized carbons (Fsp3) is 0.707. The van der Waals surface area contributed by atoms with Gasteiger partial charge in [-0.2, -0.15) is 0 Å². The predicted octanol–water partition coefficient (Wildman–Crippen LogP) is 17.6. The molecule has 64 heavy (non-hydrogen) atoms. The third-order valence-corrected chi connectivity index (χ3v) is 11.1. The molecule has 0 spiro atoms. The van der Waals surface area contributed by atoms with Crippen LogP contribution >= 0.6 is 0 Å². The lowest BCUT2D eigenvalue weighted by Crippen LogP contribution is -2.30. The summed E-state index contributed by atoms with van der Waals surface area (Å²) < 4.78 is 16.7. The van der Waals surface area contributed by atoms with Gasteiger partial charge in [0.15, 0.2) is 6.10 Å². The van der Waals surface area contributed by atoms with E-state index in [1.165, 1.54) is 128 Å². The van der Waals surface area contributed by atoms with Crippen molar-refractivity contribution in [3.05, 3.63) is 85.1 Å². The monoisotopic (exact) mass is 891 g/mol. The Morgan fingerprint density at radius 2 is 0.656 bits per heavy atom. The topological polar surface area (TPSA) is 78.9 Å². The molecule has 0 aliphatic carbocycles. The first kappa shape index (κ1) is 60.6. The second kappa shape index (κ2) is 52.2. The van der Waals surface area contributed by atoms with Crippen molar-refractivity contribution in [3.8, 4) is 0 Å². The van der Waals surface area contributed by atoms with Gasteiger partial charge in [0.25, 0.3) is 0 Å². The van der Waals surface area contributed by atoms with Crippen LogP contribution < -0.4 is 0 Å². The van der Waals surface area contributed by atoms with Gasteiger partial charge in [-0.05, 0) is 96.3 Å². The van der Waals surface area contributed by atoms with Crippen molar-refractivity contribution in [2.24, 2.45) is 0 Å². The van der Waals surface area contributed by atoms with Crippen molar-refractivity contribution in [1.82, 2.24) is 0 Å². The normalized spacial score (nSPS) is 12.7. The molecule has 0 aromatic rings. The summed E-state index contributed by atoms with van der Waals surface area (Å²) >= 11 is 0. The van der Waals surface area contributed by atoms with Crippen LogP contribution in [0.4, 0.5) is 0 Å². The summed E-state index contributed by atoms with van der Waals surface area (Å²) in [6.45, 7) is 6.49. The number of carbonyl (C=O) groups excluding carboxylic acids is 3. The van der Waals surface area contributed by atoms with E-state index in [0.717, 1.165) is 57.8 Å². The molecule has 0 bridgehead atoms. The highest BCUT2D eigenvalue weighted by molar-refractivity contribution is 5.71. The molecule has 0 rings (SSSR count). The van der Waals surface area contributed by atoms with E-state index in [1.54, 1.807) is 0 Å². The van der Waals surface area contributed by atoms with E-state index < -0.39 is 6.10 Å². The standard InChI is InChI=1S/C58H98O6/c1-4-7-10-13-16-19-22-25-27-29-31-33-36-39-42-45-48-51-57(60)63-54-55(53-62-56(59)50-47-44-41-38-35-32-24-21-18-15-12-9-6-3)64-58(61)52-49-46-43-40-37-34-30-28-26-23-20-17-14-11-8-5-2/h25,27-28,30-35,37,39,41-42,44,55H,4-24,26,29,36,38,40,43,45-54H2,1-3H3/b27-25+,30-28+,33-31+,35-32+,37-34+,42-39+,44-41+. The number of ether oxygens (including phenoxy) is 3. The zero-order chi connectivity index (χ0) is 46.5. The van der Waals surface area contributed by atoms with E-state index in [0.29, 0.717) is 19.3 Å². The van der Waals surface area contributed by atoms with Crippen molar-refractivity contribution in [2.45, 2.75) is 252 Å². The largest absolute Gasteiger partial charge is 0.462 e. The summed E-state index contributed by atoms with van der Waals surface area (Å²) in [4.78, 5) is 37.9. The maximum Gasteiger partial charge on any atom is 0.306 e. The third kappa shape index (κ3) is 49.6. The Morgan fingerprint density at radius 1 is 0.328 bits per heavy atom. The first-order valence-electron chi connectivity index (χ1n) is 26.6. The molecule has 0 radical (unpaired) electrons. The van der Waals surface area contributed by atoms with Crippen LogP contribution in [-0.4, -0.2) is 37.2 Å². The predicted molar refractivity (Wildman–Crippen MR) is 274 cm³/mol. The molecule has 0 aromatic carbocycles. The Morgan fingerprint density at radius 3 is 1.11 bits per heavy atom. The number of allylic oxidation sites excluding steroid dienone is 14. The number of hydrogen-bond acceptors (Lipinski definition) is 6. The maximum absolute atomic E-state index is 12.8. The number of carbonyl (C=O) groups is 3. The third-order valence-electron chi connectivity index (χ3n) is 11.1. The minimum Gasteiger partial charge on any atom is -0.462 e. The van der Waals surface area contributed by atoms with Gasteiger partial charge in [0.1, 0.15) is 13.2 Å². The maximum atomic E-state index is 12.8. The molecule has 0 heterocycles. The van der Waals surface area contributed by atoms with Crippen LogP contribution in [0.25, 0.3) is 0 Å². The Hall–Kier alpha value is -3.41. The molecule has 0 saturated heterocycles. The average molecular weight is 891 g/mol. The Kier molecular flexibility index (Phi) is 49.4. The average Bonchev–Trinajstić information content (AvgIpc) is 3.29. The van der Waals surface area contributed by atoms with E-state index in [-0.39, 0.29) is 50.4 Å². The van der Waals surface area contributed by atoms with Crippen LogP contribution in [0.15, 0.2) is 85.1 Å². The summed E-state index contributed by atoms with van der Waals surface area (Å²) in [5.41, 5.74) is 0. The smallest absolute Gasteiger partial charge is 0.306 e. The van der Waals surface area contributed by atoms with Gasteiger partial charge < -0.3 is 14.2 Å². The summed E-state index contributed by atoms with van der Waals surface area (Å²) in [5.74, 6) is -1.07. The van der Waals surface area contributed by atoms with Crippen LogP contribution in [0.5, 0.6) is 0 Å². The van der Waals surface area contributed by atoms with Crippen LogP contribution in [0.3, 0.4) is 0 Å². The van der Waals surface area contributed by atoms with Gasteiger partial charge in [-0.3, -0.25) is 14.4 Å². The van der Waals surface area contributed by atoms with E-state index in [4.69, 9.17) is 14.2 Å². The van der Waals surface area contributed by atoms with Crippen LogP contribution in [0.2, 0.25) is 0 Å². The van der Waals surface area contributed by atoms with E-state index >= 15 is 0 Å². The van der Waals surface area contributed by atoms with Crippen molar-refractivity contribution in [3.63, 3.8) is 0 Å². The molecule has 366 valence electrons. The number of unbranched alkanes of at least 4 members (excludes halogenated alkanes) is 23. The minimum atomic E-state index is -0.833. The molecule has 0 saturated carbocycles. The summed E-state index contributed by atoms with van der Waals surface area (Å²) in [6, 6.07) is 0. The second-order valence-corrected chi connectivity index (χ2v) is 17.5. The second-order valence-electron chi connectivity index (χ2n) is 17.5. The van der Waals surface area contributed by atoms with Crippen LogP contribution in [0.1, 0.15) is 245 Å². The first-order chi connectivity index (χ1) is 31.5. The summed E-state index contributed by atoms with van der Waals surface area (Å²) in [5, 5.41) is 0. The molecule has 1 unspecified atom stereocenters. The highest BCUT2D eigenvalue weighted by atomic mass is 16.6. The lowest BCUT2D eigenvalue weighted by molar-refractivity contribution is -0.166. The molecule has 0 N–H and O–H groups in total. The summed E-state index contributed by atoms with van der Waals surface area (Å²) in [7, 11) is 0. The van der Waals surface area contributed by atoms with E-state index in [1.807, 2.05) is 6.08 Å². The Bertz CT molecular complexity index is 1250. The quantitative estimate of drug-likeness (QED) is 0.0199. The molecule has 0 aliphatic rings. The Balaban J connectivity index is 4.56. The highest BCUT2D eigenvalue weighted by Gasteiger charge is 2.19. The minimum absolute atomic E-state index is 0.131. The molecular weight excluding hydrogens is 793 g/mol. The lowest BCUT2D eigenvalue weighted by atomic mass is 10.1. The van der Waals surface area contributed by atoms with Crippen molar-refractivity contribution in [2.75, 3.05) is 13.2 Å². The zero-order valence-corrected chi connectivity index (χ0v) is 41.8. The van der Waals surface area contributed by atoms with Crippen LogP contribution in [0, 0.1) is 0 Å². The van der Waals surface area contributed by atoms with Gasteiger partial charge in [0.2, 0.25) is 0 Å². The SMILES string of the molecule is CCCCCCCC/C=C/C/C=C/C/C=C/CCCC(=O)OCC(COC(=O)CC/C=C/C/C=C/CCCCCCCC)OC(=O)CCCCC/C=C/C=C/CCCCCCCCC. The number of rotatable bonds is 47. The van der Waals surface area contributed by atoms with Crippen molar-refractivity contribution >= 4 is 17.9 Å². The van der Waals surface area contributed by atoms with Gasteiger partial charge in [-0.25, -0.2) is 0 Å². The molecule has 0 aliphatic heterocycles. The molecule has 0 fully saturated rings. The summed E-state index contributed by atoms with van der Waals surface area (Å²) in [6.07, 6.45) is 67.3. The Labute approximate surface area is 395 Å². The van der Waals surface area contributed by atoms with Gasteiger partial charge >= 0.3 is 17.9 Å². The van der Waals surface area contributed by atoms with Crippen molar-refractivity contribution < 1.29 is 28.6 Å². The fourth-order valence-electron chi connectivity index (χ4n) is 7.09. The van der Waals surface area contributed by atoms with Gasteiger partial charge in [-0.15, -0.1) is 0 Å². The molecule has 1 atom stereocenters. The number of hydrogen-bond donors (Lipinski definition) is 0. The molecule has 6 heteroatoms. The van der Waals surface area contributed by atoms with Gasteiger partial charge in [0.05, 0.1) is 0 Å². The van der Waals surface area contributed by atoms with Crippen molar-refractivity contribution in [1.29, 1.82) is 0 Å². The van der Waals surface area contributed by atoms with Crippen LogP contribution in [-0.2, 0) is 28.6 Å². The molecule has 6 nitrogen and oxygen atoms in total.